The van der Waals surface area contributed by atoms with E-state index in [0.717, 1.165) is 11.1 Å². The van der Waals surface area contributed by atoms with Gasteiger partial charge in [-0.1, -0.05) is 35.9 Å². The summed E-state index contributed by atoms with van der Waals surface area (Å²) in [5.41, 5.74) is 2.69. The Morgan fingerprint density at radius 2 is 1.92 bits per heavy atom. The van der Waals surface area contributed by atoms with E-state index < -0.39 is 11.9 Å². The summed E-state index contributed by atoms with van der Waals surface area (Å²) < 4.78 is 16.3. The van der Waals surface area contributed by atoms with Crippen molar-refractivity contribution in [3.63, 3.8) is 0 Å². The number of aryl methyl sites for hydroxylation is 1. The highest BCUT2D eigenvalue weighted by Gasteiger charge is 2.33. The van der Waals surface area contributed by atoms with Crippen LogP contribution in [-0.2, 0) is 16.1 Å². The Bertz CT molecular complexity index is 1170. The maximum atomic E-state index is 13.8. The Hall–Kier alpha value is -3.98. The highest BCUT2D eigenvalue weighted by molar-refractivity contribution is 5.96. The molecule has 1 aromatic heterocycles. The summed E-state index contributed by atoms with van der Waals surface area (Å²) in [5.74, 6) is 0.559. The molecule has 0 aliphatic carbocycles. The number of hydrogen-bond donors (Lipinski definition) is 1. The SMILES string of the molecule is CCOCCCNC(=O)[C@@H](c1ccc(C)cc1)N(Cc1ccc2c(c1)OCO2)C(=O)c1cnccn1. The van der Waals surface area contributed by atoms with Gasteiger partial charge >= 0.3 is 0 Å². The zero-order valence-electron chi connectivity index (χ0n) is 20.5. The molecule has 1 N–H and O–H groups in total. The van der Waals surface area contributed by atoms with Crippen molar-refractivity contribution in [1.29, 1.82) is 0 Å². The molecule has 0 unspecified atom stereocenters. The smallest absolute Gasteiger partial charge is 0.275 e. The van der Waals surface area contributed by atoms with Gasteiger partial charge in [0.2, 0.25) is 12.7 Å². The molecule has 188 valence electrons. The molecule has 0 bridgehead atoms. The molecule has 9 heteroatoms. The molecular weight excluding hydrogens is 460 g/mol. The number of rotatable bonds is 11. The third-order valence-electron chi connectivity index (χ3n) is 5.75. The van der Waals surface area contributed by atoms with E-state index in [9.17, 15) is 9.59 Å². The van der Waals surface area contributed by atoms with E-state index in [1.54, 1.807) is 6.07 Å². The Morgan fingerprint density at radius 3 is 2.67 bits per heavy atom. The minimum atomic E-state index is -0.891. The number of fused-ring (bicyclic) bond motifs is 1. The van der Waals surface area contributed by atoms with E-state index in [1.165, 1.54) is 23.5 Å². The van der Waals surface area contributed by atoms with Gasteiger partial charge in [0.15, 0.2) is 11.5 Å². The minimum absolute atomic E-state index is 0.150. The van der Waals surface area contributed by atoms with Gasteiger partial charge in [0.05, 0.1) is 6.20 Å². The molecule has 3 aromatic rings. The summed E-state index contributed by atoms with van der Waals surface area (Å²) >= 11 is 0. The Labute approximate surface area is 210 Å². The van der Waals surface area contributed by atoms with Crippen LogP contribution < -0.4 is 14.8 Å². The van der Waals surface area contributed by atoms with E-state index in [4.69, 9.17) is 14.2 Å². The fourth-order valence-corrected chi connectivity index (χ4v) is 3.92. The topological polar surface area (TPSA) is 103 Å². The van der Waals surface area contributed by atoms with Gasteiger partial charge in [-0.3, -0.25) is 14.6 Å². The number of carbonyl (C=O) groups excluding carboxylic acids is 2. The van der Waals surface area contributed by atoms with E-state index in [2.05, 4.69) is 15.3 Å². The lowest BCUT2D eigenvalue weighted by molar-refractivity contribution is -0.126. The molecular formula is C27H30N4O5. The van der Waals surface area contributed by atoms with Gasteiger partial charge in [-0.05, 0) is 43.5 Å². The van der Waals surface area contributed by atoms with Crippen molar-refractivity contribution in [2.45, 2.75) is 32.9 Å². The monoisotopic (exact) mass is 490 g/mol. The van der Waals surface area contributed by atoms with E-state index >= 15 is 0 Å². The summed E-state index contributed by atoms with van der Waals surface area (Å²) in [6.45, 7) is 5.80. The molecule has 0 spiro atoms. The van der Waals surface area contributed by atoms with Gasteiger partial charge in [-0.25, -0.2) is 4.98 Å². The molecule has 0 fully saturated rings. The quantitative estimate of drug-likeness (QED) is 0.411. The van der Waals surface area contributed by atoms with Crippen LogP contribution in [0.25, 0.3) is 0 Å². The molecule has 2 heterocycles. The average molecular weight is 491 g/mol. The van der Waals surface area contributed by atoms with Gasteiger partial charge in [-0.2, -0.15) is 0 Å². The van der Waals surface area contributed by atoms with Gasteiger partial charge in [0, 0.05) is 38.7 Å². The first-order valence-electron chi connectivity index (χ1n) is 11.9. The first kappa shape index (κ1) is 25.1. The Morgan fingerprint density at radius 1 is 1.11 bits per heavy atom. The molecule has 0 saturated carbocycles. The first-order valence-corrected chi connectivity index (χ1v) is 11.9. The van der Waals surface area contributed by atoms with Crippen molar-refractivity contribution >= 4 is 11.8 Å². The fraction of sp³-hybridized carbons (Fsp3) is 0.333. The van der Waals surface area contributed by atoms with E-state index in [0.29, 0.717) is 43.2 Å². The second kappa shape index (κ2) is 12.1. The number of amides is 2. The zero-order valence-corrected chi connectivity index (χ0v) is 20.5. The third kappa shape index (κ3) is 6.17. The Kier molecular flexibility index (Phi) is 8.46. The largest absolute Gasteiger partial charge is 0.454 e. The minimum Gasteiger partial charge on any atom is -0.454 e. The van der Waals surface area contributed by atoms with Crippen LogP contribution in [-0.4, -0.2) is 53.2 Å². The van der Waals surface area contributed by atoms with Crippen molar-refractivity contribution in [2.75, 3.05) is 26.6 Å². The van der Waals surface area contributed by atoms with Gasteiger partial charge in [0.25, 0.3) is 5.91 Å². The zero-order chi connectivity index (χ0) is 25.3. The summed E-state index contributed by atoms with van der Waals surface area (Å²) in [5, 5.41) is 2.98. The Balaban J connectivity index is 1.68. The van der Waals surface area contributed by atoms with Crippen molar-refractivity contribution in [2.24, 2.45) is 0 Å². The lowest BCUT2D eigenvalue weighted by Gasteiger charge is -2.31. The highest BCUT2D eigenvalue weighted by atomic mass is 16.7. The molecule has 2 aromatic carbocycles. The number of carbonyl (C=O) groups is 2. The number of nitrogens with one attached hydrogen (secondary N) is 1. The standard InChI is InChI=1S/C27H30N4O5/c1-3-34-14-4-11-30-26(32)25(21-8-5-19(2)6-9-21)31(27(33)22-16-28-12-13-29-22)17-20-7-10-23-24(15-20)36-18-35-23/h5-10,12-13,15-16,25H,3-4,11,14,17-18H2,1-2H3,(H,30,32)/t25-/m1/s1. The number of ether oxygens (including phenoxy) is 3. The number of hydrogen-bond acceptors (Lipinski definition) is 7. The number of benzene rings is 2. The molecule has 0 saturated heterocycles. The second-order valence-electron chi connectivity index (χ2n) is 8.37. The summed E-state index contributed by atoms with van der Waals surface area (Å²) in [6.07, 6.45) is 5.03. The van der Waals surface area contributed by atoms with E-state index in [1.807, 2.05) is 50.2 Å². The molecule has 9 nitrogen and oxygen atoms in total. The highest BCUT2D eigenvalue weighted by Crippen LogP contribution is 2.34. The van der Waals surface area contributed by atoms with Crippen molar-refractivity contribution in [3.8, 4) is 11.5 Å². The normalized spacial score (nSPS) is 12.7. The predicted octanol–water partition coefficient (Wildman–Crippen LogP) is 3.44. The van der Waals surface area contributed by atoms with Crippen molar-refractivity contribution in [1.82, 2.24) is 20.2 Å². The van der Waals surface area contributed by atoms with Crippen LogP contribution in [0.3, 0.4) is 0 Å². The molecule has 36 heavy (non-hydrogen) atoms. The fourth-order valence-electron chi connectivity index (χ4n) is 3.92. The molecule has 2 amide bonds. The lowest BCUT2D eigenvalue weighted by atomic mass is 10.0. The molecule has 0 radical (unpaired) electrons. The van der Waals surface area contributed by atoms with Crippen LogP contribution in [0.15, 0.2) is 61.1 Å². The van der Waals surface area contributed by atoms with Crippen LogP contribution >= 0.6 is 0 Å². The maximum absolute atomic E-state index is 13.8. The van der Waals surface area contributed by atoms with E-state index in [-0.39, 0.29) is 24.9 Å². The van der Waals surface area contributed by atoms with Crippen LogP contribution in [0, 0.1) is 6.92 Å². The van der Waals surface area contributed by atoms with Crippen molar-refractivity contribution < 1.29 is 23.8 Å². The summed E-state index contributed by atoms with van der Waals surface area (Å²) in [6, 6.07) is 12.2. The first-order chi connectivity index (χ1) is 17.6. The van der Waals surface area contributed by atoms with Crippen LogP contribution in [0.1, 0.15) is 46.6 Å². The van der Waals surface area contributed by atoms with Gasteiger partial charge in [0.1, 0.15) is 11.7 Å². The summed E-state index contributed by atoms with van der Waals surface area (Å²) in [4.78, 5) is 37.1. The molecule has 1 aliphatic heterocycles. The van der Waals surface area contributed by atoms with Crippen molar-refractivity contribution in [3.05, 3.63) is 83.4 Å². The third-order valence-corrected chi connectivity index (χ3v) is 5.75. The van der Waals surface area contributed by atoms with Crippen LogP contribution in [0.5, 0.6) is 11.5 Å². The van der Waals surface area contributed by atoms with Crippen LogP contribution in [0.2, 0.25) is 0 Å². The van der Waals surface area contributed by atoms with Gasteiger partial charge < -0.3 is 24.4 Å². The average Bonchev–Trinajstić information content (AvgIpc) is 3.37. The lowest BCUT2D eigenvalue weighted by Crippen LogP contribution is -2.44. The summed E-state index contributed by atoms with van der Waals surface area (Å²) in [7, 11) is 0. The predicted molar refractivity (Wildman–Crippen MR) is 133 cm³/mol. The van der Waals surface area contributed by atoms with Crippen LogP contribution in [0.4, 0.5) is 0 Å². The number of nitrogens with zero attached hydrogens (tertiary/aromatic N) is 3. The molecule has 1 atom stereocenters. The number of aromatic nitrogens is 2. The molecule has 4 rings (SSSR count). The maximum Gasteiger partial charge on any atom is 0.275 e. The molecule has 1 aliphatic rings. The van der Waals surface area contributed by atoms with Gasteiger partial charge in [-0.15, -0.1) is 0 Å². The second-order valence-corrected chi connectivity index (χ2v) is 8.37.